The Labute approximate surface area is 242 Å². The zero-order valence-electron chi connectivity index (χ0n) is 24.1. The van der Waals surface area contributed by atoms with Gasteiger partial charge in [0.05, 0.1) is 28.5 Å². The lowest BCUT2D eigenvalue weighted by Crippen LogP contribution is -2.38. The third-order valence-electron chi connectivity index (χ3n) is 6.73. The molecule has 216 valence electrons. The van der Waals surface area contributed by atoms with Crippen LogP contribution >= 0.6 is 0 Å². The van der Waals surface area contributed by atoms with E-state index in [0.29, 0.717) is 6.61 Å². The van der Waals surface area contributed by atoms with Crippen molar-refractivity contribution in [2.24, 2.45) is 0 Å². The standard InChI is InChI=1S/C32H38N4O4S/c1-23(2)36-21-27(19-28(36)17-11-12-18-40-22-30(37)35-41(38,39)24(3)4)29-20-33-31(25-13-7-5-8-14-25)32(34-29)26-15-9-6-10-16-26/h5-10,13-16,19-21,23-24H,11-12,17-18,22H2,1-4H3,(H,35,37). The Morgan fingerprint density at radius 2 is 1.54 bits per heavy atom. The predicted molar refractivity (Wildman–Crippen MR) is 163 cm³/mol. The number of unbranched alkanes of at least 4 members (excludes halogenated alkanes) is 1. The molecule has 0 bridgehead atoms. The van der Waals surface area contributed by atoms with E-state index in [9.17, 15) is 13.2 Å². The van der Waals surface area contributed by atoms with Crippen molar-refractivity contribution in [2.75, 3.05) is 13.2 Å². The second kappa shape index (κ2) is 13.7. The van der Waals surface area contributed by atoms with Gasteiger partial charge in [-0.15, -0.1) is 0 Å². The van der Waals surface area contributed by atoms with Gasteiger partial charge in [-0.1, -0.05) is 60.7 Å². The van der Waals surface area contributed by atoms with E-state index < -0.39 is 21.2 Å². The number of nitrogens with one attached hydrogen (secondary N) is 1. The van der Waals surface area contributed by atoms with Crippen molar-refractivity contribution in [1.82, 2.24) is 19.3 Å². The molecule has 9 heteroatoms. The van der Waals surface area contributed by atoms with Crippen LogP contribution in [0, 0.1) is 0 Å². The molecule has 0 radical (unpaired) electrons. The van der Waals surface area contributed by atoms with Crippen LogP contribution in [0.4, 0.5) is 0 Å². The first kappa shape index (κ1) is 30.1. The third-order valence-corrected chi connectivity index (χ3v) is 8.49. The zero-order chi connectivity index (χ0) is 29.4. The minimum atomic E-state index is -3.64. The molecule has 0 aliphatic carbocycles. The summed E-state index contributed by atoms with van der Waals surface area (Å²) < 4.78 is 33.3. The quantitative estimate of drug-likeness (QED) is 0.195. The van der Waals surface area contributed by atoms with Crippen LogP contribution in [-0.4, -0.2) is 47.3 Å². The van der Waals surface area contributed by atoms with E-state index in [1.54, 1.807) is 0 Å². The number of benzene rings is 2. The lowest BCUT2D eigenvalue weighted by molar-refractivity contribution is -0.123. The number of sulfonamides is 1. The number of aryl methyl sites for hydroxylation is 1. The Morgan fingerprint density at radius 1 is 0.902 bits per heavy atom. The molecular formula is C32H38N4O4S. The van der Waals surface area contributed by atoms with Gasteiger partial charge >= 0.3 is 0 Å². The summed E-state index contributed by atoms with van der Waals surface area (Å²) >= 11 is 0. The third kappa shape index (κ3) is 7.89. The smallest absolute Gasteiger partial charge is 0.259 e. The summed E-state index contributed by atoms with van der Waals surface area (Å²) in [5.41, 5.74) is 6.74. The SMILES string of the molecule is CC(C)n1cc(-c2cnc(-c3ccccc3)c(-c3ccccc3)n2)cc1CCCCOCC(=O)NS(=O)(=O)C(C)C. The van der Waals surface area contributed by atoms with Crippen LogP contribution in [0.15, 0.2) is 79.1 Å². The maximum atomic E-state index is 11.9. The first-order chi connectivity index (χ1) is 19.7. The summed E-state index contributed by atoms with van der Waals surface area (Å²) in [4.78, 5) is 21.8. The molecule has 8 nitrogen and oxygen atoms in total. The number of carbonyl (C=O) groups excluding carboxylic acids is 1. The molecule has 2 heterocycles. The van der Waals surface area contributed by atoms with Gasteiger partial charge in [0.2, 0.25) is 10.0 Å². The molecule has 2 aromatic carbocycles. The summed E-state index contributed by atoms with van der Waals surface area (Å²) in [6.45, 7) is 7.43. The molecule has 2 aromatic heterocycles. The van der Waals surface area contributed by atoms with Gasteiger partial charge in [0.15, 0.2) is 0 Å². The maximum absolute atomic E-state index is 11.9. The Bertz CT molecular complexity index is 1550. The molecule has 4 rings (SSSR count). The normalized spacial score (nSPS) is 11.8. The second-order valence-electron chi connectivity index (χ2n) is 10.5. The van der Waals surface area contributed by atoms with Gasteiger partial charge in [-0.2, -0.15) is 0 Å². The van der Waals surface area contributed by atoms with E-state index in [1.807, 2.05) is 59.4 Å². The molecular weight excluding hydrogens is 536 g/mol. The molecule has 0 atom stereocenters. The summed E-state index contributed by atoms with van der Waals surface area (Å²) in [6.07, 6.45) is 6.41. The van der Waals surface area contributed by atoms with Crippen molar-refractivity contribution in [1.29, 1.82) is 0 Å². The highest BCUT2D eigenvalue weighted by molar-refractivity contribution is 7.90. The van der Waals surface area contributed by atoms with Crippen LogP contribution < -0.4 is 4.72 Å². The average Bonchev–Trinajstić information content (AvgIpc) is 3.40. The Morgan fingerprint density at radius 3 is 2.15 bits per heavy atom. The Hall–Kier alpha value is -3.82. The monoisotopic (exact) mass is 574 g/mol. The van der Waals surface area contributed by atoms with Crippen molar-refractivity contribution in [2.45, 2.75) is 58.2 Å². The van der Waals surface area contributed by atoms with E-state index in [0.717, 1.165) is 53.0 Å². The summed E-state index contributed by atoms with van der Waals surface area (Å²) in [6, 6.07) is 22.7. The molecule has 0 unspecified atom stereocenters. The number of hydrogen-bond acceptors (Lipinski definition) is 6. The molecule has 0 saturated carbocycles. The number of rotatable bonds is 13. The summed E-state index contributed by atoms with van der Waals surface area (Å²) in [5, 5.41) is -0.675. The fraction of sp³-hybridized carbons (Fsp3) is 0.344. The minimum absolute atomic E-state index is 0.270. The topological polar surface area (TPSA) is 103 Å². The zero-order valence-corrected chi connectivity index (χ0v) is 24.9. The van der Waals surface area contributed by atoms with Crippen LogP contribution in [-0.2, 0) is 26.0 Å². The summed E-state index contributed by atoms with van der Waals surface area (Å²) in [5.74, 6) is -0.647. The van der Waals surface area contributed by atoms with Crippen LogP contribution in [0.1, 0.15) is 52.3 Å². The molecule has 1 N–H and O–H groups in total. The van der Waals surface area contributed by atoms with Crippen molar-refractivity contribution < 1.29 is 17.9 Å². The second-order valence-corrected chi connectivity index (χ2v) is 12.8. The van der Waals surface area contributed by atoms with Gasteiger partial charge in [0, 0.05) is 41.2 Å². The molecule has 41 heavy (non-hydrogen) atoms. The van der Waals surface area contributed by atoms with E-state index >= 15 is 0 Å². The van der Waals surface area contributed by atoms with E-state index in [4.69, 9.17) is 14.7 Å². The fourth-order valence-electron chi connectivity index (χ4n) is 4.46. The molecule has 0 aliphatic rings. The van der Waals surface area contributed by atoms with Gasteiger partial charge in [-0.3, -0.25) is 14.5 Å². The predicted octanol–water partition coefficient (Wildman–Crippen LogP) is 6.05. The van der Waals surface area contributed by atoms with Crippen LogP contribution in [0.2, 0.25) is 0 Å². The number of aromatic nitrogens is 3. The highest BCUT2D eigenvalue weighted by Crippen LogP contribution is 2.32. The fourth-order valence-corrected chi connectivity index (χ4v) is 5.07. The molecule has 4 aromatic rings. The number of amides is 1. The van der Waals surface area contributed by atoms with E-state index in [1.165, 1.54) is 19.5 Å². The Balaban J connectivity index is 1.45. The van der Waals surface area contributed by atoms with E-state index in [-0.39, 0.29) is 12.6 Å². The van der Waals surface area contributed by atoms with Crippen LogP contribution in [0.5, 0.6) is 0 Å². The summed E-state index contributed by atoms with van der Waals surface area (Å²) in [7, 11) is -3.64. The van der Waals surface area contributed by atoms with Gasteiger partial charge in [0.1, 0.15) is 6.61 Å². The van der Waals surface area contributed by atoms with Crippen molar-refractivity contribution in [3.8, 4) is 33.8 Å². The van der Waals surface area contributed by atoms with Gasteiger partial charge in [-0.05, 0) is 53.0 Å². The lowest BCUT2D eigenvalue weighted by atomic mass is 10.0. The van der Waals surface area contributed by atoms with Crippen LogP contribution in [0.25, 0.3) is 33.8 Å². The van der Waals surface area contributed by atoms with Crippen LogP contribution in [0.3, 0.4) is 0 Å². The molecule has 1 amide bonds. The van der Waals surface area contributed by atoms with Gasteiger partial charge in [-0.25, -0.2) is 13.4 Å². The maximum Gasteiger partial charge on any atom is 0.259 e. The molecule has 0 fully saturated rings. The highest BCUT2D eigenvalue weighted by atomic mass is 32.2. The number of carbonyl (C=O) groups is 1. The molecule has 0 spiro atoms. The van der Waals surface area contributed by atoms with Gasteiger partial charge in [0.25, 0.3) is 5.91 Å². The first-order valence-corrected chi connectivity index (χ1v) is 15.5. The van der Waals surface area contributed by atoms with Crippen molar-refractivity contribution >= 4 is 15.9 Å². The lowest BCUT2D eigenvalue weighted by Gasteiger charge is -2.13. The molecule has 0 aliphatic heterocycles. The van der Waals surface area contributed by atoms with Crippen molar-refractivity contribution in [3.05, 3.63) is 84.8 Å². The largest absolute Gasteiger partial charge is 0.372 e. The first-order valence-electron chi connectivity index (χ1n) is 14.0. The number of ether oxygens (including phenoxy) is 1. The number of nitrogens with zero attached hydrogens (tertiary/aromatic N) is 3. The molecule has 0 saturated heterocycles. The average molecular weight is 575 g/mol. The van der Waals surface area contributed by atoms with Crippen molar-refractivity contribution in [3.63, 3.8) is 0 Å². The van der Waals surface area contributed by atoms with E-state index in [2.05, 4.69) is 42.8 Å². The minimum Gasteiger partial charge on any atom is -0.372 e. The Kier molecular flexibility index (Phi) is 10.1. The number of hydrogen-bond donors (Lipinski definition) is 1. The van der Waals surface area contributed by atoms with Gasteiger partial charge < -0.3 is 9.30 Å². The highest BCUT2D eigenvalue weighted by Gasteiger charge is 2.19.